The number of aromatic nitrogens is 2. The fourth-order valence-electron chi connectivity index (χ4n) is 8.27. The van der Waals surface area contributed by atoms with Crippen molar-refractivity contribution in [1.29, 1.82) is 0 Å². The zero-order valence-electron chi connectivity index (χ0n) is 22.6. The quantitative estimate of drug-likeness (QED) is 0.296. The molecule has 2 aromatic rings. The highest BCUT2D eigenvalue weighted by atomic mass is 79.9. The third kappa shape index (κ3) is 5.72. The molecule has 1 saturated heterocycles. The maximum absolute atomic E-state index is 13.5. The summed E-state index contributed by atoms with van der Waals surface area (Å²) in [5, 5.41) is 6.57. The van der Waals surface area contributed by atoms with Crippen molar-refractivity contribution in [1.82, 2.24) is 20.2 Å². The molecule has 4 saturated carbocycles. The SMILES string of the molecule is O=C1CCC(n2c(CCCOCCCNCC34CC5CC(CC(C5)C3)C4)nc3cccc(Br)c3c2=O)C(=O)N1. The van der Waals surface area contributed by atoms with Crippen LogP contribution in [-0.4, -0.2) is 47.7 Å². The zero-order valence-corrected chi connectivity index (χ0v) is 24.1. The smallest absolute Gasteiger partial charge is 0.263 e. The van der Waals surface area contributed by atoms with E-state index in [-0.39, 0.29) is 17.9 Å². The van der Waals surface area contributed by atoms with Crippen molar-refractivity contribution >= 4 is 38.6 Å². The predicted molar refractivity (Wildman–Crippen MR) is 152 cm³/mol. The third-order valence-corrected chi connectivity index (χ3v) is 10.1. The lowest BCUT2D eigenvalue weighted by atomic mass is 9.49. The molecule has 0 spiro atoms. The molecule has 5 fully saturated rings. The van der Waals surface area contributed by atoms with Crippen molar-refractivity contribution in [2.45, 2.75) is 76.7 Å². The Morgan fingerprint density at radius 2 is 1.77 bits per heavy atom. The van der Waals surface area contributed by atoms with E-state index in [0.717, 1.165) is 37.3 Å². The molecule has 1 aromatic carbocycles. The molecule has 8 nitrogen and oxygen atoms in total. The number of imide groups is 1. The molecule has 1 aromatic heterocycles. The van der Waals surface area contributed by atoms with Gasteiger partial charge >= 0.3 is 0 Å². The normalized spacial score (nSPS) is 29.8. The van der Waals surface area contributed by atoms with Gasteiger partial charge in [-0.15, -0.1) is 0 Å². The van der Waals surface area contributed by atoms with E-state index < -0.39 is 11.9 Å². The van der Waals surface area contributed by atoms with Gasteiger partial charge < -0.3 is 10.1 Å². The number of piperidine rings is 1. The molecule has 2 N–H and O–H groups in total. The molecule has 1 unspecified atom stereocenters. The van der Waals surface area contributed by atoms with Crippen LogP contribution in [0, 0.1) is 23.2 Å². The van der Waals surface area contributed by atoms with Gasteiger partial charge in [0.2, 0.25) is 11.8 Å². The summed E-state index contributed by atoms with van der Waals surface area (Å²) in [6.45, 7) is 3.42. The first-order valence-corrected chi connectivity index (χ1v) is 15.5. The van der Waals surface area contributed by atoms with Crippen molar-refractivity contribution in [3.05, 3.63) is 38.9 Å². The topological polar surface area (TPSA) is 102 Å². The summed E-state index contributed by atoms with van der Waals surface area (Å²) in [7, 11) is 0. The van der Waals surface area contributed by atoms with Gasteiger partial charge in [0.05, 0.1) is 10.9 Å². The van der Waals surface area contributed by atoms with Crippen LogP contribution in [0.15, 0.2) is 27.5 Å². The van der Waals surface area contributed by atoms with Crippen molar-refractivity contribution in [3.8, 4) is 0 Å². The van der Waals surface area contributed by atoms with E-state index in [0.29, 0.717) is 59.1 Å². The highest BCUT2D eigenvalue weighted by Gasteiger charge is 2.50. The second-order valence-corrected chi connectivity index (χ2v) is 13.3. The van der Waals surface area contributed by atoms with E-state index in [1.807, 2.05) is 12.1 Å². The number of aryl methyl sites for hydroxylation is 1. The van der Waals surface area contributed by atoms with Crippen LogP contribution in [0.3, 0.4) is 0 Å². The lowest BCUT2D eigenvalue weighted by Crippen LogP contribution is -2.50. The van der Waals surface area contributed by atoms with Crippen LogP contribution >= 0.6 is 15.9 Å². The molecule has 0 radical (unpaired) electrons. The number of hydrogen-bond acceptors (Lipinski definition) is 6. The van der Waals surface area contributed by atoms with Gasteiger partial charge in [0.1, 0.15) is 11.9 Å². The maximum atomic E-state index is 13.5. The number of carbonyl (C=O) groups is 2. The van der Waals surface area contributed by atoms with Crippen molar-refractivity contribution in [2.75, 3.05) is 26.3 Å². The second-order valence-electron chi connectivity index (χ2n) is 12.5. The number of benzene rings is 1. The van der Waals surface area contributed by atoms with Crippen molar-refractivity contribution in [2.24, 2.45) is 23.2 Å². The summed E-state index contributed by atoms with van der Waals surface area (Å²) in [5.41, 5.74) is 0.901. The summed E-state index contributed by atoms with van der Waals surface area (Å²) in [4.78, 5) is 42.6. The first kappa shape index (κ1) is 27.1. The molecule has 4 bridgehead atoms. The third-order valence-electron chi connectivity index (χ3n) is 9.47. The van der Waals surface area contributed by atoms with Crippen LogP contribution in [0.2, 0.25) is 0 Å². The number of halogens is 1. The molecular formula is C30H39BrN4O4. The molecule has 7 rings (SSSR count). The van der Waals surface area contributed by atoms with Gasteiger partial charge in [0.25, 0.3) is 5.56 Å². The minimum Gasteiger partial charge on any atom is -0.381 e. The molecule has 4 aliphatic carbocycles. The van der Waals surface area contributed by atoms with Crippen LogP contribution in [0.5, 0.6) is 0 Å². The number of ether oxygens (including phenoxy) is 1. The number of rotatable bonds is 11. The standard InChI is InChI=1S/C30H39BrN4O4/c31-22-4-1-5-23-27(22)29(38)35(24-7-8-26(36)34-28(24)37)25(33-23)6-2-10-39-11-3-9-32-18-30-15-19-12-20(16-30)14-21(13-19)17-30/h1,4-5,19-21,24,32H,2-3,6-18H2,(H,34,36,37). The Labute approximate surface area is 237 Å². The minimum atomic E-state index is -0.741. The summed E-state index contributed by atoms with van der Waals surface area (Å²) in [6.07, 6.45) is 11.5. The van der Waals surface area contributed by atoms with Gasteiger partial charge in [0.15, 0.2) is 0 Å². The Hall–Kier alpha value is -2.10. The molecule has 1 aliphatic heterocycles. The second kappa shape index (κ2) is 11.4. The molecule has 2 amide bonds. The average molecular weight is 600 g/mol. The van der Waals surface area contributed by atoms with E-state index in [1.54, 1.807) is 6.07 Å². The fourth-order valence-corrected chi connectivity index (χ4v) is 8.79. The van der Waals surface area contributed by atoms with E-state index in [1.165, 1.54) is 43.1 Å². The lowest BCUT2D eigenvalue weighted by molar-refractivity contribution is -0.135. The van der Waals surface area contributed by atoms with Crippen LogP contribution in [0.25, 0.3) is 10.9 Å². The average Bonchev–Trinajstić information content (AvgIpc) is 2.88. The van der Waals surface area contributed by atoms with Gasteiger partial charge in [-0.25, -0.2) is 4.98 Å². The first-order valence-electron chi connectivity index (χ1n) is 14.7. The summed E-state index contributed by atoms with van der Waals surface area (Å²) in [6, 6.07) is 4.72. The number of carbonyl (C=O) groups excluding carboxylic acids is 2. The Kier molecular flexibility index (Phi) is 7.93. The van der Waals surface area contributed by atoms with Gasteiger partial charge in [-0.1, -0.05) is 6.07 Å². The zero-order chi connectivity index (χ0) is 27.0. The Balaban J connectivity index is 0.997. The number of hydrogen-bond donors (Lipinski definition) is 2. The van der Waals surface area contributed by atoms with Crippen molar-refractivity contribution in [3.63, 3.8) is 0 Å². The predicted octanol–water partition coefficient (Wildman–Crippen LogP) is 4.28. The Bertz CT molecular complexity index is 1270. The van der Waals surface area contributed by atoms with Crippen molar-refractivity contribution < 1.29 is 14.3 Å². The maximum Gasteiger partial charge on any atom is 0.263 e. The molecule has 2 heterocycles. The van der Waals surface area contributed by atoms with Crippen LogP contribution in [-0.2, 0) is 20.7 Å². The minimum absolute atomic E-state index is 0.205. The molecule has 39 heavy (non-hydrogen) atoms. The van der Waals surface area contributed by atoms with Gasteiger partial charge in [-0.2, -0.15) is 0 Å². The summed E-state index contributed by atoms with van der Waals surface area (Å²) >= 11 is 3.46. The molecule has 5 aliphatic rings. The van der Waals surface area contributed by atoms with E-state index >= 15 is 0 Å². The van der Waals surface area contributed by atoms with E-state index in [9.17, 15) is 14.4 Å². The van der Waals surface area contributed by atoms with Crippen LogP contribution < -0.4 is 16.2 Å². The lowest BCUT2D eigenvalue weighted by Gasteiger charge is -2.57. The highest BCUT2D eigenvalue weighted by molar-refractivity contribution is 9.10. The monoisotopic (exact) mass is 598 g/mol. The van der Waals surface area contributed by atoms with E-state index in [4.69, 9.17) is 9.72 Å². The van der Waals surface area contributed by atoms with Gasteiger partial charge in [-0.3, -0.25) is 24.3 Å². The fraction of sp³-hybridized carbons (Fsp3) is 0.667. The molecule has 9 heteroatoms. The highest BCUT2D eigenvalue weighted by Crippen LogP contribution is 2.59. The molecular weight excluding hydrogens is 560 g/mol. The molecule has 1 atom stereocenters. The number of nitrogens with one attached hydrogen (secondary N) is 2. The Morgan fingerprint density at radius 1 is 1.05 bits per heavy atom. The number of amides is 2. The molecule has 210 valence electrons. The van der Waals surface area contributed by atoms with Gasteiger partial charge in [-0.05, 0) is 116 Å². The number of nitrogens with zero attached hydrogens (tertiary/aromatic N) is 2. The summed E-state index contributed by atoms with van der Waals surface area (Å²) < 4.78 is 8.06. The Morgan fingerprint density at radius 3 is 2.49 bits per heavy atom. The first-order chi connectivity index (χ1) is 18.9. The van der Waals surface area contributed by atoms with E-state index in [2.05, 4.69) is 26.6 Å². The largest absolute Gasteiger partial charge is 0.381 e. The van der Waals surface area contributed by atoms with Crippen LogP contribution in [0.1, 0.15) is 76.1 Å². The van der Waals surface area contributed by atoms with Crippen LogP contribution in [0.4, 0.5) is 0 Å². The summed E-state index contributed by atoms with van der Waals surface area (Å²) in [5.74, 6) is 2.78. The van der Waals surface area contributed by atoms with Gasteiger partial charge in [0, 0.05) is 37.1 Å². The number of fused-ring (bicyclic) bond motifs is 1.